The first-order valence-electron chi connectivity index (χ1n) is 6.06. The average molecular weight is 284 g/mol. The minimum Gasteiger partial charge on any atom is -0.321 e. The minimum absolute atomic E-state index is 0.214. The summed E-state index contributed by atoms with van der Waals surface area (Å²) in [7, 11) is 0. The van der Waals surface area contributed by atoms with Crippen molar-refractivity contribution in [3.63, 3.8) is 0 Å². The molecule has 2 N–H and O–H groups in total. The number of aromatic nitrogens is 3. The van der Waals surface area contributed by atoms with Gasteiger partial charge >= 0.3 is 0 Å². The lowest BCUT2D eigenvalue weighted by Crippen LogP contribution is -2.12. The van der Waals surface area contributed by atoms with Crippen molar-refractivity contribution < 1.29 is 4.79 Å². The summed E-state index contributed by atoms with van der Waals surface area (Å²) in [5.74, 6) is -0.214. The Labute approximate surface area is 119 Å². The number of hydrogen-bond acceptors (Lipinski definition) is 4. The van der Waals surface area contributed by atoms with Gasteiger partial charge in [-0.3, -0.25) is 9.89 Å². The first-order chi connectivity index (χ1) is 9.72. The first kappa shape index (κ1) is 12.6. The topological polar surface area (TPSA) is 70.7 Å². The van der Waals surface area contributed by atoms with Gasteiger partial charge in [0, 0.05) is 22.8 Å². The number of amides is 1. The van der Waals surface area contributed by atoms with E-state index in [2.05, 4.69) is 20.5 Å². The smallest absolute Gasteiger partial charge is 0.273 e. The van der Waals surface area contributed by atoms with Crippen molar-refractivity contribution in [2.24, 2.45) is 0 Å². The second-order valence-electron chi connectivity index (χ2n) is 4.26. The normalized spacial score (nSPS) is 10.4. The van der Waals surface area contributed by atoms with E-state index in [4.69, 9.17) is 0 Å². The highest BCUT2D eigenvalue weighted by Gasteiger charge is 2.08. The molecular weight excluding hydrogens is 272 g/mol. The predicted molar refractivity (Wildman–Crippen MR) is 78.8 cm³/mol. The van der Waals surface area contributed by atoms with Crippen LogP contribution in [0.5, 0.6) is 0 Å². The number of thiazole rings is 1. The Balaban J connectivity index is 1.83. The number of nitrogens with zero attached hydrogens (tertiary/aromatic N) is 2. The van der Waals surface area contributed by atoms with Crippen LogP contribution in [-0.2, 0) is 0 Å². The maximum Gasteiger partial charge on any atom is 0.273 e. The summed E-state index contributed by atoms with van der Waals surface area (Å²) >= 11 is 1.61. The Morgan fingerprint density at radius 3 is 2.95 bits per heavy atom. The molecule has 0 saturated heterocycles. The van der Waals surface area contributed by atoms with Gasteiger partial charge in [-0.1, -0.05) is 12.1 Å². The molecule has 0 fully saturated rings. The third-order valence-corrected chi connectivity index (χ3v) is 3.55. The molecule has 3 aromatic rings. The van der Waals surface area contributed by atoms with Gasteiger partial charge in [-0.25, -0.2) is 4.98 Å². The van der Waals surface area contributed by atoms with Crippen LogP contribution in [0.2, 0.25) is 0 Å². The molecule has 0 aliphatic rings. The van der Waals surface area contributed by atoms with Crippen LogP contribution in [0.3, 0.4) is 0 Å². The second-order valence-corrected chi connectivity index (χ2v) is 5.32. The summed E-state index contributed by atoms with van der Waals surface area (Å²) in [5, 5.41) is 12.2. The van der Waals surface area contributed by atoms with Crippen LogP contribution in [-0.4, -0.2) is 21.1 Å². The number of nitrogens with one attached hydrogen (secondary N) is 2. The number of benzene rings is 1. The quantitative estimate of drug-likeness (QED) is 0.776. The number of H-pyrrole nitrogens is 1. The monoisotopic (exact) mass is 284 g/mol. The van der Waals surface area contributed by atoms with E-state index < -0.39 is 0 Å². The fraction of sp³-hybridized carbons (Fsp3) is 0.0714. The van der Waals surface area contributed by atoms with Gasteiger partial charge < -0.3 is 5.32 Å². The Morgan fingerprint density at radius 2 is 2.25 bits per heavy atom. The number of hydrogen-bond donors (Lipinski definition) is 2. The summed E-state index contributed by atoms with van der Waals surface area (Å²) in [4.78, 5) is 16.4. The van der Waals surface area contributed by atoms with Gasteiger partial charge in [0.1, 0.15) is 5.69 Å². The molecule has 6 heteroatoms. The Hall–Kier alpha value is -2.47. The van der Waals surface area contributed by atoms with Crippen molar-refractivity contribution in [1.29, 1.82) is 0 Å². The van der Waals surface area contributed by atoms with Crippen molar-refractivity contribution in [1.82, 2.24) is 15.2 Å². The molecule has 20 heavy (non-hydrogen) atoms. The summed E-state index contributed by atoms with van der Waals surface area (Å²) < 4.78 is 0. The number of anilines is 1. The number of rotatable bonds is 3. The lowest BCUT2D eigenvalue weighted by Gasteiger charge is -2.05. The van der Waals surface area contributed by atoms with Crippen LogP contribution in [0, 0.1) is 6.92 Å². The highest BCUT2D eigenvalue weighted by atomic mass is 32.1. The van der Waals surface area contributed by atoms with Gasteiger partial charge in [0.25, 0.3) is 5.91 Å². The minimum atomic E-state index is -0.214. The summed E-state index contributed by atoms with van der Waals surface area (Å²) in [6.07, 6.45) is 1.55. The standard InChI is InChI=1S/C14H12N4OS/c1-9-16-13(8-20-9)10-3-2-4-11(7-10)17-14(19)12-5-6-15-18-12/h2-8H,1H3,(H,15,18)(H,17,19). The molecule has 5 nitrogen and oxygen atoms in total. The molecule has 0 aliphatic heterocycles. The lowest BCUT2D eigenvalue weighted by molar-refractivity contribution is 0.102. The fourth-order valence-corrected chi connectivity index (χ4v) is 2.46. The number of carbonyl (C=O) groups is 1. The zero-order chi connectivity index (χ0) is 13.9. The molecule has 0 saturated carbocycles. The van der Waals surface area contributed by atoms with Crippen LogP contribution >= 0.6 is 11.3 Å². The molecule has 0 spiro atoms. The van der Waals surface area contributed by atoms with E-state index >= 15 is 0 Å². The van der Waals surface area contributed by atoms with Crippen LogP contribution in [0.1, 0.15) is 15.5 Å². The van der Waals surface area contributed by atoms with Gasteiger partial charge in [0.15, 0.2) is 0 Å². The maximum atomic E-state index is 11.9. The van der Waals surface area contributed by atoms with Crippen molar-refractivity contribution >= 4 is 22.9 Å². The molecule has 0 unspecified atom stereocenters. The van der Waals surface area contributed by atoms with Crippen LogP contribution < -0.4 is 5.32 Å². The van der Waals surface area contributed by atoms with E-state index in [0.717, 1.165) is 22.0 Å². The van der Waals surface area contributed by atoms with Crippen molar-refractivity contribution in [2.45, 2.75) is 6.92 Å². The van der Waals surface area contributed by atoms with E-state index in [1.54, 1.807) is 23.6 Å². The van der Waals surface area contributed by atoms with Gasteiger partial charge in [0.05, 0.1) is 10.7 Å². The van der Waals surface area contributed by atoms with Crippen LogP contribution in [0.15, 0.2) is 41.9 Å². The van der Waals surface area contributed by atoms with Gasteiger partial charge in [-0.2, -0.15) is 5.10 Å². The molecule has 100 valence electrons. The molecule has 2 heterocycles. The Morgan fingerprint density at radius 1 is 1.35 bits per heavy atom. The predicted octanol–water partition coefficient (Wildman–Crippen LogP) is 3.09. The molecule has 1 amide bonds. The lowest BCUT2D eigenvalue weighted by atomic mass is 10.1. The fourth-order valence-electron chi connectivity index (χ4n) is 1.83. The summed E-state index contributed by atoms with van der Waals surface area (Å²) in [6.45, 7) is 1.97. The van der Waals surface area contributed by atoms with Crippen molar-refractivity contribution in [3.8, 4) is 11.3 Å². The first-order valence-corrected chi connectivity index (χ1v) is 6.93. The molecule has 0 atom stereocenters. The maximum absolute atomic E-state index is 11.9. The molecule has 1 aromatic carbocycles. The van der Waals surface area contributed by atoms with Crippen LogP contribution in [0.4, 0.5) is 5.69 Å². The third kappa shape index (κ3) is 2.60. The van der Waals surface area contributed by atoms with E-state index in [1.165, 1.54) is 0 Å². The zero-order valence-corrected chi connectivity index (χ0v) is 11.6. The summed E-state index contributed by atoms with van der Waals surface area (Å²) in [6, 6.07) is 9.25. The SMILES string of the molecule is Cc1nc(-c2cccc(NC(=O)c3ccn[nH]3)c2)cs1. The molecule has 0 radical (unpaired) electrons. The van der Waals surface area contributed by atoms with Gasteiger partial charge in [0.2, 0.25) is 0 Å². The van der Waals surface area contributed by atoms with E-state index in [1.807, 2.05) is 36.6 Å². The molecule has 3 rings (SSSR count). The number of aromatic amines is 1. The third-order valence-electron chi connectivity index (χ3n) is 2.78. The zero-order valence-electron chi connectivity index (χ0n) is 10.8. The van der Waals surface area contributed by atoms with E-state index in [-0.39, 0.29) is 5.91 Å². The van der Waals surface area contributed by atoms with E-state index in [0.29, 0.717) is 5.69 Å². The number of carbonyl (C=O) groups excluding carboxylic acids is 1. The molecule has 0 bridgehead atoms. The summed E-state index contributed by atoms with van der Waals surface area (Å²) in [5.41, 5.74) is 3.06. The highest BCUT2D eigenvalue weighted by molar-refractivity contribution is 7.09. The van der Waals surface area contributed by atoms with Gasteiger partial charge in [-0.15, -0.1) is 11.3 Å². The van der Waals surface area contributed by atoms with Crippen molar-refractivity contribution in [3.05, 3.63) is 52.6 Å². The van der Waals surface area contributed by atoms with Crippen LogP contribution in [0.25, 0.3) is 11.3 Å². The highest BCUT2D eigenvalue weighted by Crippen LogP contribution is 2.24. The van der Waals surface area contributed by atoms with Crippen molar-refractivity contribution in [2.75, 3.05) is 5.32 Å². The largest absolute Gasteiger partial charge is 0.321 e. The number of aryl methyl sites for hydroxylation is 1. The Bertz CT molecular complexity index is 733. The molecule has 2 aromatic heterocycles. The van der Waals surface area contributed by atoms with E-state index in [9.17, 15) is 4.79 Å². The van der Waals surface area contributed by atoms with Gasteiger partial charge in [-0.05, 0) is 25.1 Å². The molecular formula is C14H12N4OS. The average Bonchev–Trinajstić information content (AvgIpc) is 3.10. The second kappa shape index (κ2) is 5.26. The Kier molecular flexibility index (Phi) is 3.30. The molecule has 0 aliphatic carbocycles.